The van der Waals surface area contributed by atoms with Gasteiger partial charge in [0, 0.05) is 24.7 Å². The smallest absolute Gasteiger partial charge is 0.414 e. The molecule has 29 heavy (non-hydrogen) atoms. The minimum Gasteiger partial charge on any atom is -0.414 e. The first-order valence-electron chi connectivity index (χ1n) is 10.4. The zero-order valence-electron chi connectivity index (χ0n) is 18.0. The third-order valence-corrected chi connectivity index (χ3v) is 6.78. The van der Waals surface area contributed by atoms with Crippen LogP contribution in [0.4, 0.5) is 13.2 Å². The maximum absolute atomic E-state index is 14.4. The maximum atomic E-state index is 14.4. The van der Waals surface area contributed by atoms with Crippen molar-refractivity contribution in [2.75, 3.05) is 7.11 Å². The molecule has 0 aromatic heterocycles. The predicted octanol–water partition coefficient (Wildman–Crippen LogP) is 6.10. The van der Waals surface area contributed by atoms with E-state index in [0.29, 0.717) is 19.3 Å². The van der Waals surface area contributed by atoms with Crippen LogP contribution in [0.25, 0.3) is 0 Å². The molecule has 0 amide bonds. The third-order valence-electron chi connectivity index (χ3n) is 5.77. The number of alkyl halides is 3. The number of hydrogen-bond acceptors (Lipinski definition) is 3. The van der Waals surface area contributed by atoms with E-state index in [1.165, 1.54) is 24.3 Å². The molecular weight excluding hydrogens is 397 g/mol. The number of methoxy groups -OCH3 is 1. The Morgan fingerprint density at radius 3 is 2.21 bits per heavy atom. The van der Waals surface area contributed by atoms with Gasteiger partial charge < -0.3 is 9.16 Å². The van der Waals surface area contributed by atoms with E-state index in [9.17, 15) is 18.0 Å². The molecule has 1 saturated carbocycles. The lowest BCUT2D eigenvalue weighted by Gasteiger charge is -2.43. The summed E-state index contributed by atoms with van der Waals surface area (Å²) in [6, 6.07) is 7.28. The van der Waals surface area contributed by atoms with Gasteiger partial charge in [-0.3, -0.25) is 4.79 Å². The first-order chi connectivity index (χ1) is 13.5. The minimum atomic E-state index is -4.86. The molecular formula is C22H33F3O3Si. The first kappa shape index (κ1) is 24.1. The summed E-state index contributed by atoms with van der Waals surface area (Å²) in [6.07, 6.45) is -1.62. The molecule has 164 valence electrons. The Morgan fingerprint density at radius 1 is 1.14 bits per heavy atom. The number of rotatable bonds is 8. The molecule has 3 nitrogen and oxygen atoms in total. The highest BCUT2D eigenvalue weighted by Crippen LogP contribution is 2.48. The van der Waals surface area contributed by atoms with Crippen molar-refractivity contribution in [3.8, 4) is 0 Å². The number of benzene rings is 1. The van der Waals surface area contributed by atoms with Crippen molar-refractivity contribution in [3.63, 3.8) is 0 Å². The molecule has 1 aromatic carbocycles. The summed E-state index contributed by atoms with van der Waals surface area (Å²) >= 11 is 0. The van der Waals surface area contributed by atoms with E-state index in [1.807, 2.05) is 6.92 Å². The molecule has 0 spiro atoms. The molecule has 0 bridgehead atoms. The molecule has 1 aliphatic rings. The molecule has 1 aliphatic carbocycles. The van der Waals surface area contributed by atoms with E-state index in [2.05, 4.69) is 19.6 Å². The molecule has 4 atom stereocenters. The summed E-state index contributed by atoms with van der Waals surface area (Å²) in [6.45, 7) is 8.17. The Morgan fingerprint density at radius 2 is 1.72 bits per heavy atom. The lowest BCUT2D eigenvalue weighted by molar-refractivity contribution is -0.267. The minimum absolute atomic E-state index is 0.163. The fourth-order valence-electron chi connectivity index (χ4n) is 4.57. The van der Waals surface area contributed by atoms with Crippen LogP contribution in [-0.2, 0) is 19.6 Å². The average molecular weight is 431 g/mol. The molecule has 7 heteroatoms. The fraction of sp³-hybridized carbons (Fsp3) is 0.682. The molecule has 0 N–H and O–H groups in total. The first-order valence-corrected chi connectivity index (χ1v) is 13.8. The number of carbonyl (C=O) groups excluding carboxylic acids is 1. The van der Waals surface area contributed by atoms with Crippen LogP contribution in [-0.4, -0.2) is 33.5 Å². The topological polar surface area (TPSA) is 35.5 Å². The van der Waals surface area contributed by atoms with Gasteiger partial charge in [0.25, 0.3) is 0 Å². The van der Waals surface area contributed by atoms with Crippen LogP contribution in [0, 0.1) is 11.8 Å². The Bertz CT molecular complexity index is 672. The number of ether oxygens (including phenoxy) is 1. The fourth-order valence-corrected chi connectivity index (χ4v) is 5.82. The largest absolute Gasteiger partial charge is 0.428 e. The molecule has 0 aliphatic heterocycles. The lowest BCUT2D eigenvalue weighted by atomic mass is 9.68. The quantitative estimate of drug-likeness (QED) is 0.468. The highest BCUT2D eigenvalue weighted by atomic mass is 28.4. The summed E-state index contributed by atoms with van der Waals surface area (Å²) < 4.78 is 54.5. The van der Waals surface area contributed by atoms with Crippen molar-refractivity contribution in [1.82, 2.24) is 0 Å². The van der Waals surface area contributed by atoms with Gasteiger partial charge in [-0.15, -0.1) is 0 Å². The van der Waals surface area contributed by atoms with Crippen molar-refractivity contribution < 1.29 is 27.1 Å². The van der Waals surface area contributed by atoms with Crippen LogP contribution in [0.3, 0.4) is 0 Å². The molecule has 2 unspecified atom stereocenters. The van der Waals surface area contributed by atoms with Crippen LogP contribution in [0.1, 0.15) is 44.6 Å². The Hall–Kier alpha value is -1.18. The van der Waals surface area contributed by atoms with Gasteiger partial charge in [0.1, 0.15) is 0 Å². The number of carbonyl (C=O) groups is 1. The Labute approximate surface area is 173 Å². The SMILES string of the molecule is CC[C@@H](O[Si](C)(C)C)C1CCCCC1C(=O)[C@@](OC)(c1ccccc1)C(F)(F)F. The summed E-state index contributed by atoms with van der Waals surface area (Å²) in [5, 5.41) is 0. The number of Topliss-reactive ketones (excluding diaryl/α,β-unsaturated/α-hetero) is 1. The van der Waals surface area contributed by atoms with Crippen molar-refractivity contribution in [1.29, 1.82) is 0 Å². The van der Waals surface area contributed by atoms with E-state index >= 15 is 0 Å². The monoisotopic (exact) mass is 430 g/mol. The zero-order chi connectivity index (χ0) is 21.9. The summed E-state index contributed by atoms with van der Waals surface area (Å²) in [7, 11) is -0.931. The van der Waals surface area contributed by atoms with E-state index in [-0.39, 0.29) is 17.6 Å². The van der Waals surface area contributed by atoms with Gasteiger partial charge in [0.15, 0.2) is 14.1 Å². The van der Waals surface area contributed by atoms with Crippen LogP contribution < -0.4 is 0 Å². The summed E-state index contributed by atoms with van der Waals surface area (Å²) in [4.78, 5) is 13.6. The lowest BCUT2D eigenvalue weighted by Crippen LogP contribution is -2.55. The molecule has 0 saturated heterocycles. The van der Waals surface area contributed by atoms with Crippen molar-refractivity contribution in [3.05, 3.63) is 35.9 Å². The van der Waals surface area contributed by atoms with Gasteiger partial charge in [-0.25, -0.2) is 0 Å². The molecule has 0 heterocycles. The zero-order valence-corrected chi connectivity index (χ0v) is 19.0. The van der Waals surface area contributed by atoms with Crippen LogP contribution in [0.15, 0.2) is 30.3 Å². The molecule has 2 rings (SSSR count). The highest BCUT2D eigenvalue weighted by Gasteiger charge is 2.64. The van der Waals surface area contributed by atoms with Crippen LogP contribution in [0.5, 0.6) is 0 Å². The number of halogens is 3. The normalized spacial score (nSPS) is 24.0. The maximum Gasteiger partial charge on any atom is 0.428 e. The van der Waals surface area contributed by atoms with E-state index in [0.717, 1.165) is 20.0 Å². The highest BCUT2D eigenvalue weighted by molar-refractivity contribution is 6.69. The van der Waals surface area contributed by atoms with Crippen LogP contribution in [0.2, 0.25) is 19.6 Å². The Kier molecular flexibility index (Phi) is 7.73. The van der Waals surface area contributed by atoms with Crippen LogP contribution >= 0.6 is 0 Å². The predicted molar refractivity (Wildman–Crippen MR) is 110 cm³/mol. The van der Waals surface area contributed by atoms with Gasteiger partial charge in [0.2, 0.25) is 5.60 Å². The summed E-state index contributed by atoms with van der Waals surface area (Å²) in [5.74, 6) is -1.86. The second-order valence-electron chi connectivity index (χ2n) is 8.85. The van der Waals surface area contributed by atoms with Gasteiger partial charge in [-0.05, 0) is 44.8 Å². The third kappa shape index (κ3) is 5.12. The summed E-state index contributed by atoms with van der Waals surface area (Å²) in [5.41, 5.74) is -3.12. The van der Waals surface area contributed by atoms with Crippen molar-refractivity contribution in [2.45, 2.75) is 76.6 Å². The van der Waals surface area contributed by atoms with Crippen molar-refractivity contribution in [2.24, 2.45) is 11.8 Å². The van der Waals surface area contributed by atoms with E-state index in [4.69, 9.17) is 9.16 Å². The molecule has 1 fully saturated rings. The van der Waals surface area contributed by atoms with Gasteiger partial charge in [0.05, 0.1) is 0 Å². The second kappa shape index (κ2) is 9.31. The Balaban J connectivity index is 2.50. The average Bonchev–Trinajstić information content (AvgIpc) is 2.66. The van der Waals surface area contributed by atoms with Gasteiger partial charge in [-0.1, -0.05) is 50.1 Å². The molecule has 0 radical (unpaired) electrons. The van der Waals surface area contributed by atoms with E-state index in [1.54, 1.807) is 6.07 Å². The second-order valence-corrected chi connectivity index (χ2v) is 13.3. The number of ketones is 1. The number of hydrogen-bond donors (Lipinski definition) is 0. The van der Waals surface area contributed by atoms with Gasteiger partial charge >= 0.3 is 6.18 Å². The van der Waals surface area contributed by atoms with Gasteiger partial charge in [-0.2, -0.15) is 13.2 Å². The molecule has 1 aromatic rings. The van der Waals surface area contributed by atoms with E-state index < -0.39 is 31.8 Å². The standard InChI is InChI=1S/C22H33F3O3Si/c1-6-19(28-29(3,4)5)17-14-10-11-15-18(17)20(26)21(27-2,22(23,24)25)16-12-8-7-9-13-16/h7-9,12-13,17-19H,6,10-11,14-15H2,1-5H3/t17?,18?,19-,21+/m1/s1. The van der Waals surface area contributed by atoms with Crippen molar-refractivity contribution >= 4 is 14.1 Å².